The zero-order chi connectivity index (χ0) is 14.5. The SMILES string of the molecule is Cc1ccc(C#N)cc1NC(C)Cc1ccc(Br)cc1. The summed E-state index contributed by atoms with van der Waals surface area (Å²) in [5.74, 6) is 0. The maximum absolute atomic E-state index is 8.97. The van der Waals surface area contributed by atoms with Crippen LogP contribution in [0.5, 0.6) is 0 Å². The van der Waals surface area contributed by atoms with Crippen LogP contribution in [0.3, 0.4) is 0 Å². The molecule has 0 bridgehead atoms. The summed E-state index contributed by atoms with van der Waals surface area (Å²) in [6, 6.07) is 16.6. The molecule has 0 saturated carbocycles. The molecule has 1 unspecified atom stereocenters. The van der Waals surface area contributed by atoms with Crippen molar-refractivity contribution in [2.45, 2.75) is 26.3 Å². The predicted molar refractivity (Wildman–Crippen MR) is 86.8 cm³/mol. The minimum Gasteiger partial charge on any atom is -0.382 e. The molecule has 0 radical (unpaired) electrons. The van der Waals surface area contributed by atoms with Crippen molar-refractivity contribution in [2.24, 2.45) is 0 Å². The molecule has 0 spiro atoms. The summed E-state index contributed by atoms with van der Waals surface area (Å²) < 4.78 is 1.10. The van der Waals surface area contributed by atoms with Gasteiger partial charge >= 0.3 is 0 Å². The van der Waals surface area contributed by atoms with Crippen molar-refractivity contribution in [2.75, 3.05) is 5.32 Å². The maximum atomic E-state index is 8.97. The summed E-state index contributed by atoms with van der Waals surface area (Å²) in [5.41, 5.74) is 4.18. The van der Waals surface area contributed by atoms with Gasteiger partial charge in [-0.1, -0.05) is 34.1 Å². The number of hydrogen-bond acceptors (Lipinski definition) is 2. The predicted octanol–water partition coefficient (Wildman–Crippen LogP) is 4.67. The standard InChI is InChI=1S/C17H17BrN2/c1-12-3-4-15(11-19)10-17(12)20-13(2)9-14-5-7-16(18)8-6-14/h3-8,10,13,20H,9H2,1-2H3. The highest BCUT2D eigenvalue weighted by atomic mass is 79.9. The molecule has 102 valence electrons. The minimum atomic E-state index is 0.309. The first-order valence-corrected chi connectivity index (χ1v) is 7.39. The average molecular weight is 329 g/mol. The van der Waals surface area contributed by atoms with Gasteiger partial charge in [-0.05, 0) is 55.7 Å². The van der Waals surface area contributed by atoms with Gasteiger partial charge in [-0.25, -0.2) is 0 Å². The maximum Gasteiger partial charge on any atom is 0.0992 e. The van der Waals surface area contributed by atoms with Crippen LogP contribution in [0, 0.1) is 18.3 Å². The number of nitrogens with zero attached hydrogens (tertiary/aromatic N) is 1. The highest BCUT2D eigenvalue weighted by Gasteiger charge is 2.06. The molecular weight excluding hydrogens is 312 g/mol. The van der Waals surface area contributed by atoms with Gasteiger partial charge in [0.1, 0.15) is 0 Å². The Labute approximate surface area is 128 Å². The zero-order valence-corrected chi connectivity index (χ0v) is 13.2. The Morgan fingerprint density at radius 3 is 2.55 bits per heavy atom. The van der Waals surface area contributed by atoms with Crippen molar-refractivity contribution >= 4 is 21.6 Å². The summed E-state index contributed by atoms with van der Waals surface area (Å²) >= 11 is 3.44. The Hall–Kier alpha value is -1.79. The molecule has 2 rings (SSSR count). The quantitative estimate of drug-likeness (QED) is 0.885. The second kappa shape index (κ2) is 6.58. The van der Waals surface area contributed by atoms with Crippen LogP contribution in [0.25, 0.3) is 0 Å². The lowest BCUT2D eigenvalue weighted by molar-refractivity contribution is 0.789. The normalized spacial score (nSPS) is 11.7. The third-order valence-electron chi connectivity index (χ3n) is 3.22. The molecule has 1 atom stereocenters. The molecule has 0 saturated heterocycles. The van der Waals surface area contributed by atoms with Crippen molar-refractivity contribution in [1.29, 1.82) is 5.26 Å². The number of rotatable bonds is 4. The van der Waals surface area contributed by atoms with Crippen LogP contribution in [0.4, 0.5) is 5.69 Å². The van der Waals surface area contributed by atoms with Crippen LogP contribution in [0.15, 0.2) is 46.9 Å². The molecule has 2 nitrogen and oxygen atoms in total. The van der Waals surface area contributed by atoms with Gasteiger partial charge in [0, 0.05) is 16.2 Å². The second-order valence-electron chi connectivity index (χ2n) is 5.02. The molecule has 1 N–H and O–H groups in total. The van der Waals surface area contributed by atoms with Crippen molar-refractivity contribution in [1.82, 2.24) is 0 Å². The van der Waals surface area contributed by atoms with Gasteiger partial charge in [-0.3, -0.25) is 0 Å². The van der Waals surface area contributed by atoms with Crippen LogP contribution in [-0.2, 0) is 6.42 Å². The number of nitriles is 1. The number of benzene rings is 2. The summed E-state index contributed by atoms with van der Waals surface area (Å²) in [5, 5.41) is 12.5. The molecule has 2 aromatic rings. The zero-order valence-electron chi connectivity index (χ0n) is 11.7. The largest absolute Gasteiger partial charge is 0.382 e. The lowest BCUT2D eigenvalue weighted by atomic mass is 10.1. The fourth-order valence-corrected chi connectivity index (χ4v) is 2.40. The molecule has 20 heavy (non-hydrogen) atoms. The second-order valence-corrected chi connectivity index (χ2v) is 5.93. The minimum absolute atomic E-state index is 0.309. The highest BCUT2D eigenvalue weighted by Crippen LogP contribution is 2.19. The van der Waals surface area contributed by atoms with E-state index < -0.39 is 0 Å². The fourth-order valence-electron chi connectivity index (χ4n) is 2.14. The van der Waals surface area contributed by atoms with E-state index >= 15 is 0 Å². The molecule has 0 amide bonds. The van der Waals surface area contributed by atoms with Crippen LogP contribution in [0.2, 0.25) is 0 Å². The monoisotopic (exact) mass is 328 g/mol. The summed E-state index contributed by atoms with van der Waals surface area (Å²) in [6.07, 6.45) is 0.948. The molecule has 0 aliphatic rings. The van der Waals surface area contributed by atoms with E-state index in [-0.39, 0.29) is 0 Å². The number of nitrogens with one attached hydrogen (secondary N) is 1. The van der Waals surface area contributed by atoms with E-state index in [0.29, 0.717) is 11.6 Å². The third kappa shape index (κ3) is 3.85. The van der Waals surface area contributed by atoms with Crippen LogP contribution in [0.1, 0.15) is 23.6 Å². The highest BCUT2D eigenvalue weighted by molar-refractivity contribution is 9.10. The van der Waals surface area contributed by atoms with E-state index in [4.69, 9.17) is 5.26 Å². The molecular formula is C17H17BrN2. The van der Waals surface area contributed by atoms with Gasteiger partial charge in [0.05, 0.1) is 11.6 Å². The number of anilines is 1. The lowest BCUT2D eigenvalue weighted by Gasteiger charge is -2.17. The van der Waals surface area contributed by atoms with E-state index in [1.807, 2.05) is 18.2 Å². The van der Waals surface area contributed by atoms with Gasteiger partial charge in [0.25, 0.3) is 0 Å². The summed E-state index contributed by atoms with van der Waals surface area (Å²) in [7, 11) is 0. The Morgan fingerprint density at radius 2 is 1.90 bits per heavy atom. The first-order valence-electron chi connectivity index (χ1n) is 6.60. The van der Waals surface area contributed by atoms with Crippen molar-refractivity contribution in [3.05, 3.63) is 63.6 Å². The number of halogens is 1. The van der Waals surface area contributed by atoms with Gasteiger partial charge < -0.3 is 5.32 Å². The smallest absolute Gasteiger partial charge is 0.0992 e. The van der Waals surface area contributed by atoms with E-state index in [9.17, 15) is 0 Å². The van der Waals surface area contributed by atoms with E-state index in [0.717, 1.165) is 22.1 Å². The van der Waals surface area contributed by atoms with E-state index in [1.54, 1.807) is 0 Å². The summed E-state index contributed by atoms with van der Waals surface area (Å²) in [6.45, 7) is 4.20. The van der Waals surface area contributed by atoms with Gasteiger partial charge in [-0.2, -0.15) is 5.26 Å². The number of hydrogen-bond donors (Lipinski definition) is 1. The first-order chi connectivity index (χ1) is 9.58. The number of aryl methyl sites for hydroxylation is 1. The van der Waals surface area contributed by atoms with Gasteiger partial charge in [0.2, 0.25) is 0 Å². The summed E-state index contributed by atoms with van der Waals surface area (Å²) in [4.78, 5) is 0. The first kappa shape index (κ1) is 14.6. The molecule has 0 aromatic heterocycles. The molecule has 2 aromatic carbocycles. The Balaban J connectivity index is 2.06. The third-order valence-corrected chi connectivity index (χ3v) is 3.75. The van der Waals surface area contributed by atoms with Gasteiger partial charge in [0.15, 0.2) is 0 Å². The fraction of sp³-hybridized carbons (Fsp3) is 0.235. The Morgan fingerprint density at radius 1 is 1.20 bits per heavy atom. The van der Waals surface area contributed by atoms with Crippen LogP contribution < -0.4 is 5.32 Å². The lowest BCUT2D eigenvalue weighted by Crippen LogP contribution is -2.18. The van der Waals surface area contributed by atoms with Crippen molar-refractivity contribution < 1.29 is 0 Å². The average Bonchev–Trinajstić information content (AvgIpc) is 2.44. The van der Waals surface area contributed by atoms with Crippen LogP contribution in [-0.4, -0.2) is 6.04 Å². The molecule has 0 aliphatic heterocycles. The van der Waals surface area contributed by atoms with Crippen molar-refractivity contribution in [3.63, 3.8) is 0 Å². The van der Waals surface area contributed by atoms with E-state index in [1.165, 1.54) is 5.56 Å². The molecule has 0 aliphatic carbocycles. The Bertz CT molecular complexity index is 626. The Kier molecular flexibility index (Phi) is 4.81. The molecule has 3 heteroatoms. The topological polar surface area (TPSA) is 35.8 Å². The van der Waals surface area contributed by atoms with Gasteiger partial charge in [-0.15, -0.1) is 0 Å². The van der Waals surface area contributed by atoms with Crippen molar-refractivity contribution in [3.8, 4) is 6.07 Å². The van der Waals surface area contributed by atoms with E-state index in [2.05, 4.69) is 65.4 Å². The molecule has 0 heterocycles. The molecule has 0 fully saturated rings. The van der Waals surface area contributed by atoms with Crippen LogP contribution >= 0.6 is 15.9 Å².